The molecule has 1 atom stereocenters. The largest absolute Gasteiger partial charge is 0.481 e. The third kappa shape index (κ3) is 5.48. The molecule has 0 spiro atoms. The molecule has 0 aromatic heterocycles. The Kier molecular flexibility index (Phi) is 7.33. The Bertz CT molecular complexity index is 484. The van der Waals surface area contributed by atoms with Gasteiger partial charge in [0.25, 0.3) is 0 Å². The van der Waals surface area contributed by atoms with Gasteiger partial charge < -0.3 is 5.11 Å². The lowest BCUT2D eigenvalue weighted by molar-refractivity contribution is -0.137. The van der Waals surface area contributed by atoms with Crippen molar-refractivity contribution in [1.82, 2.24) is 0 Å². The summed E-state index contributed by atoms with van der Waals surface area (Å²) < 4.78 is 0. The van der Waals surface area contributed by atoms with Crippen molar-refractivity contribution in [2.75, 3.05) is 0 Å². The number of hydrogen-bond acceptors (Lipinski definition) is 2. The van der Waals surface area contributed by atoms with Crippen molar-refractivity contribution in [2.24, 2.45) is 5.11 Å². The first-order valence-electron chi connectivity index (χ1n) is 7.48. The predicted octanol–water partition coefficient (Wildman–Crippen LogP) is 5.03. The van der Waals surface area contributed by atoms with Crippen molar-refractivity contribution in [1.29, 1.82) is 0 Å². The van der Waals surface area contributed by atoms with Crippen LogP contribution in [0.4, 0.5) is 0 Å². The first kappa shape index (κ1) is 17.1. The Hall–Kier alpha value is -2.00. The van der Waals surface area contributed by atoms with E-state index < -0.39 is 11.5 Å². The molecule has 1 aromatic carbocycles. The minimum absolute atomic E-state index is 0.101. The fourth-order valence-corrected chi connectivity index (χ4v) is 2.60. The molecule has 0 saturated carbocycles. The van der Waals surface area contributed by atoms with Crippen LogP contribution in [0, 0.1) is 0 Å². The Labute approximate surface area is 125 Å². The molecule has 1 aromatic rings. The molecule has 114 valence electrons. The van der Waals surface area contributed by atoms with Crippen molar-refractivity contribution in [2.45, 2.75) is 57.4 Å². The third-order valence-corrected chi connectivity index (χ3v) is 3.72. The molecule has 0 heterocycles. The van der Waals surface area contributed by atoms with Gasteiger partial charge in [0.1, 0.15) is 0 Å². The normalized spacial score (nSPS) is 13.2. The molecule has 0 aliphatic heterocycles. The summed E-state index contributed by atoms with van der Waals surface area (Å²) in [5.74, 6) is -0.813. The van der Waals surface area contributed by atoms with E-state index in [1.165, 1.54) is 0 Å². The van der Waals surface area contributed by atoms with E-state index in [0.29, 0.717) is 12.8 Å². The van der Waals surface area contributed by atoms with Gasteiger partial charge in [-0.3, -0.25) is 4.79 Å². The third-order valence-electron chi connectivity index (χ3n) is 3.72. The molecule has 5 heteroatoms. The van der Waals surface area contributed by atoms with Crippen molar-refractivity contribution in [3.8, 4) is 0 Å². The number of aliphatic carboxylic acids is 1. The van der Waals surface area contributed by atoms with Crippen LogP contribution in [-0.2, 0) is 10.3 Å². The summed E-state index contributed by atoms with van der Waals surface area (Å²) >= 11 is 0. The number of hydrogen-bond donors (Lipinski definition) is 1. The van der Waals surface area contributed by atoms with Gasteiger partial charge in [-0.25, -0.2) is 0 Å². The highest BCUT2D eigenvalue weighted by Gasteiger charge is 2.30. The van der Waals surface area contributed by atoms with E-state index in [1.54, 1.807) is 0 Å². The Morgan fingerprint density at radius 1 is 1.24 bits per heavy atom. The maximum Gasteiger partial charge on any atom is 0.303 e. The Morgan fingerprint density at radius 2 is 1.90 bits per heavy atom. The van der Waals surface area contributed by atoms with E-state index in [2.05, 4.69) is 16.9 Å². The number of unbranched alkanes of at least 4 members (excludes halogenated alkanes) is 2. The van der Waals surface area contributed by atoms with E-state index in [4.69, 9.17) is 10.6 Å². The van der Waals surface area contributed by atoms with Gasteiger partial charge >= 0.3 is 5.97 Å². The van der Waals surface area contributed by atoms with Crippen LogP contribution in [-0.4, -0.2) is 11.1 Å². The summed E-state index contributed by atoms with van der Waals surface area (Å²) in [7, 11) is 0. The quantitative estimate of drug-likeness (QED) is 0.283. The van der Waals surface area contributed by atoms with Gasteiger partial charge in [0, 0.05) is 11.3 Å². The summed E-state index contributed by atoms with van der Waals surface area (Å²) in [5.41, 5.74) is 9.32. The van der Waals surface area contributed by atoms with Crippen LogP contribution in [0.1, 0.15) is 57.4 Å². The van der Waals surface area contributed by atoms with Crippen molar-refractivity contribution >= 4 is 5.97 Å². The standard InChI is InChI=1S/C16H23N3O2/c1-2-3-7-12-16(18-19-17,13-8-11-15(20)21)14-9-5-4-6-10-14/h4-6,9-10H,2-3,7-8,11-13H2,1H3,(H,20,21). The van der Waals surface area contributed by atoms with Crippen LogP contribution < -0.4 is 0 Å². The Morgan fingerprint density at radius 3 is 2.48 bits per heavy atom. The van der Waals surface area contributed by atoms with E-state index >= 15 is 0 Å². The molecule has 0 radical (unpaired) electrons. The minimum atomic E-state index is -0.813. The number of carboxylic acids is 1. The van der Waals surface area contributed by atoms with Gasteiger partial charge in [-0.2, -0.15) is 0 Å². The van der Waals surface area contributed by atoms with Gasteiger partial charge in [0.2, 0.25) is 0 Å². The fourth-order valence-electron chi connectivity index (χ4n) is 2.60. The molecule has 1 N–H and O–H groups in total. The van der Waals surface area contributed by atoms with E-state index in [1.807, 2.05) is 30.3 Å². The Balaban J connectivity index is 2.97. The highest BCUT2D eigenvalue weighted by molar-refractivity contribution is 5.66. The maximum atomic E-state index is 10.7. The van der Waals surface area contributed by atoms with E-state index in [-0.39, 0.29) is 6.42 Å². The van der Waals surface area contributed by atoms with Gasteiger partial charge in [-0.15, -0.1) is 0 Å². The molecule has 1 rings (SSSR count). The predicted molar refractivity (Wildman–Crippen MR) is 82.9 cm³/mol. The van der Waals surface area contributed by atoms with Gasteiger partial charge in [0.05, 0.1) is 5.54 Å². The van der Waals surface area contributed by atoms with Crippen LogP contribution in [0.15, 0.2) is 35.4 Å². The fraction of sp³-hybridized carbons (Fsp3) is 0.562. The van der Waals surface area contributed by atoms with Gasteiger partial charge in [-0.05, 0) is 30.4 Å². The molecule has 1 unspecified atom stereocenters. The molecule has 21 heavy (non-hydrogen) atoms. The highest BCUT2D eigenvalue weighted by atomic mass is 16.4. The smallest absolute Gasteiger partial charge is 0.303 e. The topological polar surface area (TPSA) is 86.1 Å². The summed E-state index contributed by atoms with van der Waals surface area (Å²) in [6.45, 7) is 2.13. The number of nitrogens with zero attached hydrogens (tertiary/aromatic N) is 3. The van der Waals surface area contributed by atoms with Crippen LogP contribution in [0.25, 0.3) is 10.4 Å². The molecule has 0 saturated heterocycles. The zero-order valence-electron chi connectivity index (χ0n) is 12.5. The zero-order valence-corrected chi connectivity index (χ0v) is 12.5. The monoisotopic (exact) mass is 289 g/mol. The number of azide groups is 1. The van der Waals surface area contributed by atoms with Gasteiger partial charge in [-0.1, -0.05) is 61.6 Å². The molecular weight excluding hydrogens is 266 g/mol. The molecule has 0 amide bonds. The zero-order chi connectivity index (χ0) is 15.6. The molecule has 5 nitrogen and oxygen atoms in total. The average molecular weight is 289 g/mol. The van der Waals surface area contributed by atoms with Crippen molar-refractivity contribution in [3.63, 3.8) is 0 Å². The lowest BCUT2D eigenvalue weighted by Gasteiger charge is -2.29. The average Bonchev–Trinajstić information content (AvgIpc) is 2.48. The first-order chi connectivity index (χ1) is 10.1. The van der Waals surface area contributed by atoms with Crippen LogP contribution >= 0.6 is 0 Å². The van der Waals surface area contributed by atoms with Crippen LogP contribution in [0.3, 0.4) is 0 Å². The minimum Gasteiger partial charge on any atom is -0.481 e. The number of carboxylic acid groups (broad SMARTS) is 1. The number of benzene rings is 1. The molecule has 0 aliphatic carbocycles. The lowest BCUT2D eigenvalue weighted by Crippen LogP contribution is -2.23. The number of carbonyl (C=O) groups is 1. The molecule has 0 fully saturated rings. The molecule has 0 aliphatic rings. The summed E-state index contributed by atoms with van der Waals surface area (Å²) in [4.78, 5) is 13.8. The second-order valence-electron chi connectivity index (χ2n) is 5.29. The SMILES string of the molecule is CCCCCC(CCCC(=O)O)(N=[N+]=[N-])c1ccccc1. The second-order valence-corrected chi connectivity index (χ2v) is 5.29. The summed E-state index contributed by atoms with van der Waals surface area (Å²) in [6, 6.07) is 9.69. The summed E-state index contributed by atoms with van der Waals surface area (Å²) in [5, 5.41) is 12.9. The second kappa shape index (κ2) is 9.03. The number of rotatable bonds is 10. The van der Waals surface area contributed by atoms with Crippen LogP contribution in [0.5, 0.6) is 0 Å². The lowest BCUT2D eigenvalue weighted by atomic mass is 9.81. The van der Waals surface area contributed by atoms with E-state index in [0.717, 1.165) is 31.2 Å². The highest BCUT2D eigenvalue weighted by Crippen LogP contribution is 2.37. The van der Waals surface area contributed by atoms with Crippen molar-refractivity contribution in [3.05, 3.63) is 46.3 Å². The summed E-state index contributed by atoms with van der Waals surface area (Å²) in [6.07, 6.45) is 5.08. The van der Waals surface area contributed by atoms with Crippen LogP contribution in [0.2, 0.25) is 0 Å². The molecular formula is C16H23N3O2. The van der Waals surface area contributed by atoms with Gasteiger partial charge in [0.15, 0.2) is 0 Å². The maximum absolute atomic E-state index is 10.7. The first-order valence-corrected chi connectivity index (χ1v) is 7.48. The molecule has 0 bridgehead atoms. The van der Waals surface area contributed by atoms with Crippen molar-refractivity contribution < 1.29 is 9.90 Å². The van der Waals surface area contributed by atoms with E-state index in [9.17, 15) is 4.79 Å².